The Morgan fingerprint density at radius 1 is 1.18 bits per heavy atom. The molecule has 4 nitrogen and oxygen atoms in total. The summed E-state index contributed by atoms with van der Waals surface area (Å²) in [6, 6.07) is 3.95. The number of fused-ring (bicyclic) bond motifs is 1. The molecule has 22 heavy (non-hydrogen) atoms. The van der Waals surface area contributed by atoms with Gasteiger partial charge in [-0.1, -0.05) is 26.8 Å². The maximum Gasteiger partial charge on any atom is 0.270 e. The lowest BCUT2D eigenvalue weighted by molar-refractivity contribution is 0.0884. The first-order valence-electron chi connectivity index (χ1n) is 7.76. The minimum Gasteiger partial charge on any atom is -0.346 e. The maximum absolute atomic E-state index is 12.8. The molecule has 1 N–H and O–H groups in total. The van der Waals surface area contributed by atoms with E-state index in [0.29, 0.717) is 5.69 Å². The molecule has 1 amide bonds. The van der Waals surface area contributed by atoms with Crippen LogP contribution in [-0.2, 0) is 0 Å². The van der Waals surface area contributed by atoms with Crippen LogP contribution in [0.25, 0.3) is 5.65 Å². The van der Waals surface area contributed by atoms with E-state index >= 15 is 0 Å². The Balaban J connectivity index is 2.34. The molecule has 2 aromatic heterocycles. The van der Waals surface area contributed by atoms with Gasteiger partial charge in [0, 0.05) is 11.7 Å². The lowest BCUT2D eigenvalue weighted by Crippen LogP contribution is -2.46. The number of pyridine rings is 1. The lowest BCUT2D eigenvalue weighted by Gasteiger charge is -2.33. The van der Waals surface area contributed by atoms with Gasteiger partial charge in [0.2, 0.25) is 0 Å². The number of hydrogen-bond donors (Lipinski definition) is 1. The first kappa shape index (κ1) is 16.5. The van der Waals surface area contributed by atoms with Crippen LogP contribution < -0.4 is 5.32 Å². The van der Waals surface area contributed by atoms with Crippen LogP contribution >= 0.6 is 0 Å². The van der Waals surface area contributed by atoms with Gasteiger partial charge in [0.1, 0.15) is 11.3 Å². The molecule has 0 aliphatic carbocycles. The van der Waals surface area contributed by atoms with Gasteiger partial charge in [0.15, 0.2) is 0 Å². The van der Waals surface area contributed by atoms with E-state index in [1.54, 1.807) is 0 Å². The Morgan fingerprint density at radius 3 is 2.41 bits per heavy atom. The number of aryl methyl sites for hydroxylation is 2. The molecular formula is C18H27N3O. The summed E-state index contributed by atoms with van der Waals surface area (Å²) in [5, 5.41) is 3.17. The van der Waals surface area contributed by atoms with Crippen molar-refractivity contribution < 1.29 is 4.79 Å². The molecule has 0 saturated carbocycles. The van der Waals surface area contributed by atoms with Gasteiger partial charge in [-0.2, -0.15) is 0 Å². The first-order chi connectivity index (χ1) is 9.98. The van der Waals surface area contributed by atoms with Gasteiger partial charge < -0.3 is 5.32 Å². The van der Waals surface area contributed by atoms with Gasteiger partial charge in [-0.15, -0.1) is 0 Å². The SMILES string of the molecule is Cc1ccc2nc(C)c(C(=O)NC(C)(C)CC(C)(C)C)n2c1. The molecule has 0 saturated heterocycles. The van der Waals surface area contributed by atoms with Crippen LogP contribution in [0.2, 0.25) is 0 Å². The minimum atomic E-state index is -0.268. The summed E-state index contributed by atoms with van der Waals surface area (Å²) in [4.78, 5) is 17.3. The normalized spacial score (nSPS) is 12.7. The van der Waals surface area contributed by atoms with Gasteiger partial charge in [-0.3, -0.25) is 9.20 Å². The molecule has 2 aromatic rings. The van der Waals surface area contributed by atoms with Crippen LogP contribution in [0.5, 0.6) is 0 Å². The quantitative estimate of drug-likeness (QED) is 0.934. The highest BCUT2D eigenvalue weighted by molar-refractivity contribution is 5.95. The standard InChI is InChI=1S/C18H27N3O/c1-12-8-9-14-19-13(2)15(21(14)10-12)16(22)20-18(6,7)11-17(3,4)5/h8-10H,11H2,1-7H3,(H,20,22). The van der Waals surface area contributed by atoms with Crippen molar-refractivity contribution in [3.05, 3.63) is 35.3 Å². The van der Waals surface area contributed by atoms with Gasteiger partial charge >= 0.3 is 0 Å². The molecule has 2 heterocycles. The Hall–Kier alpha value is -1.84. The van der Waals surface area contributed by atoms with E-state index in [1.807, 2.05) is 36.6 Å². The summed E-state index contributed by atoms with van der Waals surface area (Å²) in [6.45, 7) is 14.6. The number of carbonyl (C=O) groups excluding carboxylic acids is 1. The molecule has 0 spiro atoms. The monoisotopic (exact) mass is 301 g/mol. The topological polar surface area (TPSA) is 46.4 Å². The summed E-state index contributed by atoms with van der Waals surface area (Å²) in [5.41, 5.74) is 3.18. The number of nitrogens with one attached hydrogen (secondary N) is 1. The van der Waals surface area contributed by atoms with Crippen molar-refractivity contribution in [2.24, 2.45) is 5.41 Å². The third-order valence-electron chi connectivity index (χ3n) is 3.58. The number of rotatable bonds is 3. The second-order valence-corrected chi connectivity index (χ2v) is 8.06. The van der Waals surface area contributed by atoms with Gasteiger partial charge in [0.25, 0.3) is 5.91 Å². The number of imidazole rings is 1. The molecule has 0 atom stereocenters. The molecule has 0 bridgehead atoms. The largest absolute Gasteiger partial charge is 0.346 e. The Bertz CT molecular complexity index is 705. The van der Waals surface area contributed by atoms with E-state index in [9.17, 15) is 4.79 Å². The van der Waals surface area contributed by atoms with Crippen molar-refractivity contribution in [3.8, 4) is 0 Å². The second-order valence-electron chi connectivity index (χ2n) is 8.06. The zero-order valence-electron chi connectivity index (χ0n) is 14.7. The summed E-state index contributed by atoms with van der Waals surface area (Å²) in [7, 11) is 0. The van der Waals surface area contributed by atoms with Crippen molar-refractivity contribution in [1.29, 1.82) is 0 Å². The van der Waals surface area contributed by atoms with Gasteiger partial charge in [-0.05, 0) is 51.2 Å². The predicted octanol–water partition coefficient (Wildman–Crippen LogP) is 3.90. The zero-order chi connectivity index (χ0) is 16.7. The number of carbonyl (C=O) groups is 1. The fraction of sp³-hybridized carbons (Fsp3) is 0.556. The molecule has 4 heteroatoms. The fourth-order valence-electron chi connectivity index (χ4n) is 3.28. The molecule has 0 aliphatic heterocycles. The van der Waals surface area contributed by atoms with Crippen molar-refractivity contribution in [2.45, 2.75) is 60.4 Å². The molecule has 0 aliphatic rings. The van der Waals surface area contributed by atoms with Crippen LogP contribution in [0.1, 0.15) is 62.8 Å². The Kier molecular flexibility index (Phi) is 4.07. The van der Waals surface area contributed by atoms with Gasteiger partial charge in [0.05, 0.1) is 5.69 Å². The van der Waals surface area contributed by atoms with Crippen molar-refractivity contribution >= 4 is 11.6 Å². The summed E-state index contributed by atoms with van der Waals surface area (Å²) in [5.74, 6) is -0.0650. The van der Waals surface area contributed by atoms with E-state index in [1.165, 1.54) is 0 Å². The average molecular weight is 301 g/mol. The molecule has 0 fully saturated rings. The van der Waals surface area contributed by atoms with Crippen LogP contribution in [-0.4, -0.2) is 20.8 Å². The van der Waals surface area contributed by atoms with E-state index in [2.05, 4.69) is 44.9 Å². The van der Waals surface area contributed by atoms with Crippen LogP contribution in [0.4, 0.5) is 0 Å². The highest BCUT2D eigenvalue weighted by Crippen LogP contribution is 2.27. The number of nitrogens with zero attached hydrogens (tertiary/aromatic N) is 2. The second kappa shape index (κ2) is 5.41. The number of amides is 1. The Morgan fingerprint density at radius 2 is 1.82 bits per heavy atom. The first-order valence-corrected chi connectivity index (χ1v) is 7.76. The Labute approximate surface area is 132 Å². The molecule has 0 radical (unpaired) electrons. The van der Waals surface area contributed by atoms with Crippen LogP contribution in [0.15, 0.2) is 18.3 Å². The summed E-state index contributed by atoms with van der Waals surface area (Å²) in [6.07, 6.45) is 2.86. The summed E-state index contributed by atoms with van der Waals surface area (Å²) >= 11 is 0. The lowest BCUT2D eigenvalue weighted by atomic mass is 9.82. The third kappa shape index (κ3) is 3.67. The minimum absolute atomic E-state index is 0.0650. The molecule has 2 rings (SSSR count). The van der Waals surface area contributed by atoms with E-state index in [-0.39, 0.29) is 16.9 Å². The fourth-order valence-corrected chi connectivity index (χ4v) is 3.28. The van der Waals surface area contributed by atoms with Gasteiger partial charge in [-0.25, -0.2) is 4.98 Å². The van der Waals surface area contributed by atoms with Crippen molar-refractivity contribution in [1.82, 2.24) is 14.7 Å². The third-order valence-corrected chi connectivity index (χ3v) is 3.58. The smallest absolute Gasteiger partial charge is 0.270 e. The van der Waals surface area contributed by atoms with Crippen molar-refractivity contribution in [3.63, 3.8) is 0 Å². The van der Waals surface area contributed by atoms with Crippen LogP contribution in [0.3, 0.4) is 0 Å². The molecule has 0 aromatic carbocycles. The molecule has 0 unspecified atom stereocenters. The highest BCUT2D eigenvalue weighted by Gasteiger charge is 2.29. The number of hydrogen-bond acceptors (Lipinski definition) is 2. The average Bonchev–Trinajstić information content (AvgIpc) is 2.60. The zero-order valence-corrected chi connectivity index (χ0v) is 14.7. The van der Waals surface area contributed by atoms with E-state index < -0.39 is 0 Å². The summed E-state index contributed by atoms with van der Waals surface area (Å²) < 4.78 is 1.88. The van der Waals surface area contributed by atoms with E-state index in [4.69, 9.17) is 0 Å². The molecular weight excluding hydrogens is 274 g/mol. The number of aromatic nitrogens is 2. The van der Waals surface area contributed by atoms with Crippen molar-refractivity contribution in [2.75, 3.05) is 0 Å². The molecule has 120 valence electrons. The highest BCUT2D eigenvalue weighted by atomic mass is 16.2. The maximum atomic E-state index is 12.8. The van der Waals surface area contributed by atoms with E-state index in [0.717, 1.165) is 23.3 Å². The van der Waals surface area contributed by atoms with Crippen LogP contribution in [0, 0.1) is 19.3 Å². The predicted molar refractivity (Wildman–Crippen MR) is 90.3 cm³/mol.